The first-order chi connectivity index (χ1) is 12.1. The molecule has 0 saturated carbocycles. The van der Waals surface area contributed by atoms with Gasteiger partial charge in [0.2, 0.25) is 0 Å². The molecular formula is C17H16F2N2O4S. The van der Waals surface area contributed by atoms with Crippen molar-refractivity contribution < 1.29 is 26.8 Å². The van der Waals surface area contributed by atoms with Gasteiger partial charge in [0.15, 0.2) is 9.84 Å². The van der Waals surface area contributed by atoms with E-state index in [1.165, 1.54) is 24.3 Å². The molecule has 0 aliphatic rings. The molecular weight excluding hydrogens is 366 g/mol. The Hall–Kier alpha value is -2.81. The number of sulfone groups is 1. The van der Waals surface area contributed by atoms with Gasteiger partial charge in [-0.05, 0) is 43.3 Å². The maximum Gasteiger partial charge on any atom is 0.329 e. The van der Waals surface area contributed by atoms with E-state index < -0.39 is 33.4 Å². The van der Waals surface area contributed by atoms with Crippen molar-refractivity contribution in [2.24, 2.45) is 0 Å². The third-order valence-corrected chi connectivity index (χ3v) is 4.50. The fraction of sp³-hybridized carbons (Fsp3) is 0.176. The number of amides is 3. The summed E-state index contributed by atoms with van der Waals surface area (Å²) in [6, 6.07) is 6.40. The lowest BCUT2D eigenvalue weighted by molar-refractivity contribution is 0.0993. The van der Waals surface area contributed by atoms with E-state index in [0.717, 1.165) is 18.4 Å². The number of anilines is 1. The average Bonchev–Trinajstić information content (AvgIpc) is 2.54. The molecule has 1 N–H and O–H groups in total. The molecule has 2 rings (SSSR count). The Morgan fingerprint density at radius 3 is 2.04 bits per heavy atom. The smallest absolute Gasteiger partial charge is 0.329 e. The highest BCUT2D eigenvalue weighted by Gasteiger charge is 2.25. The first kappa shape index (κ1) is 19.5. The first-order valence-electron chi connectivity index (χ1n) is 7.52. The summed E-state index contributed by atoms with van der Waals surface area (Å²) in [6.45, 7) is 1.84. The molecule has 6 nitrogen and oxygen atoms in total. The zero-order valence-corrected chi connectivity index (χ0v) is 14.8. The minimum absolute atomic E-state index is 0.00125. The number of nitrogens with zero attached hydrogens (tertiary/aromatic N) is 1. The highest BCUT2D eigenvalue weighted by atomic mass is 32.2. The number of carbonyl (C=O) groups excluding carboxylic acids is 2. The van der Waals surface area contributed by atoms with Crippen LogP contribution < -0.4 is 10.2 Å². The average molecular weight is 382 g/mol. The van der Waals surface area contributed by atoms with E-state index in [-0.39, 0.29) is 22.7 Å². The summed E-state index contributed by atoms with van der Waals surface area (Å²) >= 11 is 0. The number of imide groups is 1. The second-order valence-corrected chi connectivity index (χ2v) is 7.42. The normalized spacial score (nSPS) is 11.1. The molecule has 2 aromatic carbocycles. The molecule has 0 unspecified atom stereocenters. The molecule has 2 aromatic rings. The largest absolute Gasteiger partial charge is 0.338 e. The number of carbonyl (C=O) groups is 2. The SMILES string of the molecule is CCNC(=O)N(C(=O)c1cc(F)cc(F)c1)c1ccc(S(C)(=O)=O)cc1. The minimum atomic E-state index is -3.46. The molecule has 0 atom stereocenters. The number of halogens is 2. The maximum atomic E-state index is 13.4. The quantitative estimate of drug-likeness (QED) is 0.881. The number of nitrogens with one attached hydrogen (secondary N) is 1. The van der Waals surface area contributed by atoms with E-state index in [4.69, 9.17) is 0 Å². The highest BCUT2D eigenvalue weighted by Crippen LogP contribution is 2.21. The van der Waals surface area contributed by atoms with Crippen molar-refractivity contribution in [2.75, 3.05) is 17.7 Å². The van der Waals surface area contributed by atoms with Gasteiger partial charge in [-0.3, -0.25) is 4.79 Å². The Kier molecular flexibility index (Phi) is 5.71. The number of rotatable bonds is 4. The van der Waals surface area contributed by atoms with Gasteiger partial charge in [-0.2, -0.15) is 0 Å². The van der Waals surface area contributed by atoms with E-state index in [9.17, 15) is 26.8 Å². The maximum absolute atomic E-state index is 13.4. The number of urea groups is 1. The predicted octanol–water partition coefficient (Wildman–Crippen LogP) is 2.74. The van der Waals surface area contributed by atoms with Gasteiger partial charge in [0.1, 0.15) is 11.6 Å². The van der Waals surface area contributed by atoms with Gasteiger partial charge >= 0.3 is 6.03 Å². The molecule has 0 heterocycles. The minimum Gasteiger partial charge on any atom is -0.338 e. The van der Waals surface area contributed by atoms with Gasteiger partial charge in [0.25, 0.3) is 5.91 Å². The molecule has 0 aromatic heterocycles. The van der Waals surface area contributed by atoms with Gasteiger partial charge in [-0.25, -0.2) is 26.9 Å². The van der Waals surface area contributed by atoms with Crippen molar-refractivity contribution >= 4 is 27.5 Å². The molecule has 0 saturated heterocycles. The summed E-state index contributed by atoms with van der Waals surface area (Å²) in [7, 11) is -3.46. The zero-order chi connectivity index (χ0) is 19.5. The Morgan fingerprint density at radius 1 is 1.04 bits per heavy atom. The molecule has 26 heavy (non-hydrogen) atoms. The third-order valence-electron chi connectivity index (χ3n) is 3.37. The van der Waals surface area contributed by atoms with Crippen LogP contribution in [0.5, 0.6) is 0 Å². The summed E-state index contributed by atoms with van der Waals surface area (Å²) in [4.78, 5) is 25.6. The summed E-state index contributed by atoms with van der Waals surface area (Å²) in [5.41, 5.74) is -0.307. The molecule has 0 aliphatic carbocycles. The van der Waals surface area contributed by atoms with Crippen LogP contribution in [0, 0.1) is 11.6 Å². The van der Waals surface area contributed by atoms with Gasteiger partial charge in [0.05, 0.1) is 10.6 Å². The van der Waals surface area contributed by atoms with Crippen molar-refractivity contribution in [2.45, 2.75) is 11.8 Å². The van der Waals surface area contributed by atoms with Gasteiger partial charge < -0.3 is 5.32 Å². The van der Waals surface area contributed by atoms with Crippen LogP contribution in [-0.4, -0.2) is 33.2 Å². The van der Waals surface area contributed by atoms with E-state index in [1.807, 2.05) is 0 Å². The second-order valence-electron chi connectivity index (χ2n) is 5.40. The zero-order valence-electron chi connectivity index (χ0n) is 14.0. The first-order valence-corrected chi connectivity index (χ1v) is 9.41. The van der Waals surface area contributed by atoms with Crippen LogP contribution in [0.15, 0.2) is 47.4 Å². The van der Waals surface area contributed by atoms with Crippen LogP contribution in [0.4, 0.5) is 19.3 Å². The van der Waals surface area contributed by atoms with E-state index >= 15 is 0 Å². The third kappa shape index (κ3) is 4.42. The Labute approximate surface area is 149 Å². The standard InChI is InChI=1S/C17H16F2N2O4S/c1-3-20-17(23)21(14-4-6-15(7-5-14)26(2,24)25)16(22)11-8-12(18)10-13(19)9-11/h4-10H,3H2,1-2H3,(H,20,23). The van der Waals surface area contributed by atoms with Crippen molar-refractivity contribution in [3.8, 4) is 0 Å². The number of hydrogen-bond acceptors (Lipinski definition) is 4. The van der Waals surface area contributed by atoms with Gasteiger partial charge in [0, 0.05) is 24.4 Å². The highest BCUT2D eigenvalue weighted by molar-refractivity contribution is 7.90. The topological polar surface area (TPSA) is 83.6 Å². The summed E-state index contributed by atoms with van der Waals surface area (Å²) < 4.78 is 49.9. The molecule has 138 valence electrons. The number of hydrogen-bond donors (Lipinski definition) is 1. The van der Waals surface area contributed by atoms with Crippen LogP contribution in [0.1, 0.15) is 17.3 Å². The van der Waals surface area contributed by atoms with E-state index in [1.54, 1.807) is 6.92 Å². The van der Waals surface area contributed by atoms with Crippen LogP contribution in [-0.2, 0) is 9.84 Å². The van der Waals surface area contributed by atoms with Crippen LogP contribution in [0.3, 0.4) is 0 Å². The van der Waals surface area contributed by atoms with Gasteiger partial charge in [-0.1, -0.05) is 0 Å². The lowest BCUT2D eigenvalue weighted by Gasteiger charge is -2.21. The van der Waals surface area contributed by atoms with Crippen LogP contribution >= 0.6 is 0 Å². The van der Waals surface area contributed by atoms with Crippen molar-refractivity contribution in [3.05, 3.63) is 59.7 Å². The van der Waals surface area contributed by atoms with Crippen molar-refractivity contribution in [3.63, 3.8) is 0 Å². The summed E-state index contributed by atoms with van der Waals surface area (Å²) in [5, 5.41) is 2.43. The van der Waals surface area contributed by atoms with Crippen LogP contribution in [0.2, 0.25) is 0 Å². The molecule has 0 bridgehead atoms. The fourth-order valence-corrected chi connectivity index (χ4v) is 2.84. The Bertz CT molecular complexity index is 923. The monoisotopic (exact) mass is 382 g/mol. The molecule has 0 spiro atoms. The van der Waals surface area contributed by atoms with E-state index in [2.05, 4.69) is 5.32 Å². The van der Waals surface area contributed by atoms with Crippen molar-refractivity contribution in [1.82, 2.24) is 5.32 Å². The summed E-state index contributed by atoms with van der Waals surface area (Å²) in [5.74, 6) is -2.88. The predicted molar refractivity (Wildman–Crippen MR) is 91.8 cm³/mol. The Morgan fingerprint density at radius 2 is 1.58 bits per heavy atom. The molecule has 9 heteroatoms. The molecule has 0 aliphatic heterocycles. The second kappa shape index (κ2) is 7.61. The number of benzene rings is 2. The molecule has 3 amide bonds. The van der Waals surface area contributed by atoms with Gasteiger partial charge in [-0.15, -0.1) is 0 Å². The lowest BCUT2D eigenvalue weighted by Crippen LogP contribution is -2.44. The van der Waals surface area contributed by atoms with Crippen LogP contribution in [0.25, 0.3) is 0 Å². The molecule has 0 fully saturated rings. The van der Waals surface area contributed by atoms with Crippen molar-refractivity contribution in [1.29, 1.82) is 0 Å². The Balaban J connectivity index is 2.49. The molecule has 0 radical (unpaired) electrons. The van der Waals surface area contributed by atoms with E-state index in [0.29, 0.717) is 11.0 Å². The fourth-order valence-electron chi connectivity index (χ4n) is 2.21. The summed E-state index contributed by atoms with van der Waals surface area (Å²) in [6.07, 6.45) is 1.02. The lowest BCUT2D eigenvalue weighted by atomic mass is 10.1.